The van der Waals surface area contributed by atoms with Crippen molar-refractivity contribution in [3.8, 4) is 11.8 Å². The van der Waals surface area contributed by atoms with E-state index in [1.807, 2.05) is 0 Å². The van der Waals surface area contributed by atoms with Crippen LogP contribution in [0.4, 0.5) is 0 Å². The molecule has 0 radical (unpaired) electrons. The number of aromatic nitrogens is 1. The van der Waals surface area contributed by atoms with Crippen LogP contribution in [0.3, 0.4) is 0 Å². The molecule has 0 atom stereocenters. The normalized spacial score (nSPS) is 8.33. The van der Waals surface area contributed by atoms with Gasteiger partial charge in [-0.05, 0) is 5.92 Å². The minimum absolute atomic E-state index is 0.337. The van der Waals surface area contributed by atoms with Gasteiger partial charge in [0.1, 0.15) is 5.69 Å². The van der Waals surface area contributed by atoms with Crippen LogP contribution in [0.15, 0.2) is 5.38 Å². The van der Waals surface area contributed by atoms with Crippen LogP contribution in [0.1, 0.15) is 15.5 Å². The summed E-state index contributed by atoms with van der Waals surface area (Å²) in [5.41, 5.74) is 5.16. The van der Waals surface area contributed by atoms with Crippen LogP contribution in [0.5, 0.6) is 0 Å². The van der Waals surface area contributed by atoms with Gasteiger partial charge < -0.3 is 5.73 Å². The van der Waals surface area contributed by atoms with Crippen LogP contribution in [-0.2, 0) is 4.79 Å². The molecule has 0 unspecified atom stereocenters. The summed E-state index contributed by atoms with van der Waals surface area (Å²) in [6.07, 6.45) is 0.625. The molecule has 0 bridgehead atoms. The smallest absolute Gasteiger partial charge is 0.293 e. The molecule has 0 saturated heterocycles. The first-order chi connectivity index (χ1) is 5.72. The van der Waals surface area contributed by atoms with E-state index in [0.717, 1.165) is 0 Å². The first-order valence-corrected chi connectivity index (χ1v) is 3.82. The molecule has 1 aromatic rings. The molecule has 1 heterocycles. The summed E-state index contributed by atoms with van der Waals surface area (Å²) >= 11 is 1.17. The third kappa shape index (κ3) is 2.18. The third-order valence-corrected chi connectivity index (χ3v) is 1.71. The zero-order chi connectivity index (χ0) is 8.97. The maximum absolute atomic E-state index is 10.2. The number of carbonyl (C=O) groups excluding carboxylic acids is 2. The van der Waals surface area contributed by atoms with Gasteiger partial charge in [0.25, 0.3) is 5.91 Å². The van der Waals surface area contributed by atoms with Crippen molar-refractivity contribution in [3.63, 3.8) is 0 Å². The monoisotopic (exact) mass is 180 g/mol. The highest BCUT2D eigenvalue weighted by Gasteiger charge is 1.96. The van der Waals surface area contributed by atoms with Crippen molar-refractivity contribution in [2.24, 2.45) is 5.73 Å². The van der Waals surface area contributed by atoms with Crippen molar-refractivity contribution in [1.29, 1.82) is 0 Å². The van der Waals surface area contributed by atoms with E-state index in [9.17, 15) is 9.59 Å². The Hall–Kier alpha value is -1.67. The van der Waals surface area contributed by atoms with Gasteiger partial charge >= 0.3 is 0 Å². The quantitative estimate of drug-likeness (QED) is 0.480. The molecule has 2 N–H and O–H groups in total. The maximum atomic E-state index is 10.2. The molecule has 0 aliphatic rings. The molecular weight excluding hydrogens is 176 g/mol. The number of hydrogen-bond acceptors (Lipinski definition) is 4. The highest BCUT2D eigenvalue weighted by molar-refractivity contribution is 7.11. The molecule has 0 aliphatic carbocycles. The fourth-order valence-corrected chi connectivity index (χ4v) is 1.08. The third-order valence-electron chi connectivity index (χ3n) is 0.937. The van der Waals surface area contributed by atoms with Crippen LogP contribution in [-0.4, -0.2) is 17.2 Å². The Morgan fingerprint density at radius 1 is 1.75 bits per heavy atom. The summed E-state index contributed by atoms with van der Waals surface area (Å²) < 4.78 is 0. The van der Waals surface area contributed by atoms with Gasteiger partial charge in [0.2, 0.25) is 0 Å². The number of thiazole rings is 1. The van der Waals surface area contributed by atoms with Crippen molar-refractivity contribution < 1.29 is 9.59 Å². The summed E-state index contributed by atoms with van der Waals surface area (Å²) in [5.74, 6) is 3.82. The molecular formula is C7H4N2O2S. The SMILES string of the molecule is NC(=O)C#Cc1csc(C=O)n1. The van der Waals surface area contributed by atoms with Gasteiger partial charge in [-0.2, -0.15) is 0 Å². The predicted octanol–water partition coefficient (Wildman–Crippen LogP) is -0.208. The number of nitrogens with zero attached hydrogens (tertiary/aromatic N) is 1. The minimum Gasteiger partial charge on any atom is -0.359 e. The second-order valence-electron chi connectivity index (χ2n) is 1.80. The first-order valence-electron chi connectivity index (χ1n) is 2.94. The second-order valence-corrected chi connectivity index (χ2v) is 2.69. The van der Waals surface area contributed by atoms with E-state index in [0.29, 0.717) is 17.0 Å². The van der Waals surface area contributed by atoms with Crippen molar-refractivity contribution in [3.05, 3.63) is 16.1 Å². The molecule has 12 heavy (non-hydrogen) atoms. The van der Waals surface area contributed by atoms with Crippen LogP contribution in [0, 0.1) is 11.8 Å². The zero-order valence-corrected chi connectivity index (χ0v) is 6.72. The van der Waals surface area contributed by atoms with Crippen LogP contribution in [0.2, 0.25) is 0 Å². The Balaban J connectivity index is 2.85. The fourth-order valence-electron chi connectivity index (χ4n) is 0.525. The van der Waals surface area contributed by atoms with Gasteiger partial charge in [0.05, 0.1) is 0 Å². The van der Waals surface area contributed by atoms with Gasteiger partial charge in [-0.15, -0.1) is 11.3 Å². The van der Waals surface area contributed by atoms with Crippen LogP contribution >= 0.6 is 11.3 Å². The van der Waals surface area contributed by atoms with Crippen molar-refractivity contribution in [2.75, 3.05) is 0 Å². The topological polar surface area (TPSA) is 73.1 Å². The number of primary amides is 1. The van der Waals surface area contributed by atoms with Gasteiger partial charge in [-0.25, -0.2) is 4.98 Å². The Labute approximate surface area is 72.4 Å². The standard InChI is InChI=1S/C7H4N2O2S/c8-6(11)2-1-5-4-12-7(3-10)9-5/h3-4H,(H2,8,11). The van der Waals surface area contributed by atoms with Crippen molar-refractivity contribution in [2.45, 2.75) is 0 Å². The number of hydrogen-bond donors (Lipinski definition) is 1. The Bertz CT molecular complexity index is 372. The van der Waals surface area contributed by atoms with E-state index in [1.54, 1.807) is 5.38 Å². The molecule has 60 valence electrons. The lowest BCUT2D eigenvalue weighted by molar-refractivity contribution is -0.112. The molecule has 0 aliphatic heterocycles. The fraction of sp³-hybridized carbons (Fsp3) is 0. The van der Waals surface area contributed by atoms with E-state index in [1.165, 1.54) is 11.3 Å². The lowest BCUT2D eigenvalue weighted by Gasteiger charge is -1.74. The molecule has 0 spiro atoms. The van der Waals surface area contributed by atoms with E-state index in [4.69, 9.17) is 5.73 Å². The zero-order valence-electron chi connectivity index (χ0n) is 5.90. The first kappa shape index (κ1) is 8.43. The van der Waals surface area contributed by atoms with Crippen LogP contribution in [0.25, 0.3) is 0 Å². The molecule has 0 fully saturated rings. The predicted molar refractivity (Wildman–Crippen MR) is 43.6 cm³/mol. The molecule has 1 aromatic heterocycles. The van der Waals surface area contributed by atoms with Gasteiger partial charge in [0, 0.05) is 11.3 Å². The lowest BCUT2D eigenvalue weighted by Crippen LogP contribution is -2.06. The van der Waals surface area contributed by atoms with E-state index in [2.05, 4.69) is 16.8 Å². The van der Waals surface area contributed by atoms with E-state index >= 15 is 0 Å². The molecule has 0 saturated carbocycles. The molecule has 1 rings (SSSR count). The van der Waals surface area contributed by atoms with Gasteiger partial charge in [-0.1, -0.05) is 0 Å². The Morgan fingerprint density at radius 2 is 2.50 bits per heavy atom. The Kier molecular flexibility index (Phi) is 2.56. The average Bonchev–Trinajstić information content (AvgIpc) is 2.48. The van der Waals surface area contributed by atoms with E-state index in [-0.39, 0.29) is 0 Å². The number of rotatable bonds is 1. The van der Waals surface area contributed by atoms with Crippen LogP contribution < -0.4 is 5.73 Å². The Morgan fingerprint density at radius 3 is 3.00 bits per heavy atom. The average molecular weight is 180 g/mol. The molecule has 5 heteroatoms. The number of amides is 1. The van der Waals surface area contributed by atoms with Gasteiger partial charge in [0.15, 0.2) is 11.3 Å². The van der Waals surface area contributed by atoms with Gasteiger partial charge in [-0.3, -0.25) is 9.59 Å². The summed E-state index contributed by atoms with van der Waals surface area (Å²) in [6, 6.07) is 0. The highest BCUT2D eigenvalue weighted by atomic mass is 32.1. The largest absolute Gasteiger partial charge is 0.359 e. The second kappa shape index (κ2) is 3.64. The summed E-state index contributed by atoms with van der Waals surface area (Å²) in [6.45, 7) is 0. The summed E-state index contributed by atoms with van der Waals surface area (Å²) in [7, 11) is 0. The highest BCUT2D eigenvalue weighted by Crippen LogP contribution is 2.05. The summed E-state index contributed by atoms with van der Waals surface area (Å²) in [4.78, 5) is 24.1. The molecule has 1 amide bonds. The lowest BCUT2D eigenvalue weighted by atomic mass is 10.4. The van der Waals surface area contributed by atoms with Crippen molar-refractivity contribution in [1.82, 2.24) is 4.98 Å². The van der Waals surface area contributed by atoms with E-state index < -0.39 is 5.91 Å². The molecule has 4 nitrogen and oxygen atoms in total. The number of aldehydes is 1. The van der Waals surface area contributed by atoms with Crippen molar-refractivity contribution >= 4 is 23.5 Å². The maximum Gasteiger partial charge on any atom is 0.293 e. The molecule has 0 aromatic carbocycles. The number of carbonyl (C=O) groups is 2. The number of nitrogens with two attached hydrogens (primary N) is 1. The minimum atomic E-state index is -0.712. The summed E-state index contributed by atoms with van der Waals surface area (Å²) in [5, 5.41) is 1.92.